The van der Waals surface area contributed by atoms with Crippen LogP contribution in [0.5, 0.6) is 0 Å². The third-order valence-corrected chi connectivity index (χ3v) is 17.6. The second-order valence-electron chi connectivity index (χ2n) is 27.0. The molecule has 0 aliphatic heterocycles. The second-order valence-corrected chi connectivity index (χ2v) is 28.4. The molecule has 2 atom stereocenters. The van der Waals surface area contributed by atoms with Crippen molar-refractivity contribution in [2.24, 2.45) is 0 Å². The zero-order valence-corrected chi connectivity index (χ0v) is 62.5. The van der Waals surface area contributed by atoms with Gasteiger partial charge in [0, 0.05) is 12.8 Å². The Hall–Kier alpha value is -3.85. The van der Waals surface area contributed by atoms with Gasteiger partial charge in [0.25, 0.3) is 7.82 Å². The largest absolute Gasteiger partial charge is 0.756 e. The SMILES string of the molecule is CC/C=C\C/C=C\C/C=C\C/C=C\C/C=C\C/C=C\C/C=C\C/C=C\C/C=C\C/C=C\CCCCCCCCC(=O)OC(COC(=O)CCCCCCCCCCCCCCCCCCCCCCC/C=C\CCCCCCCCCC)COP(=O)([O-])OCC[N+](C)(C)C. The van der Waals surface area contributed by atoms with E-state index in [1.807, 2.05) is 21.1 Å². The molecule has 0 rings (SSSR count). The van der Waals surface area contributed by atoms with Gasteiger partial charge in [-0.1, -0.05) is 340 Å². The van der Waals surface area contributed by atoms with Crippen molar-refractivity contribution in [3.63, 3.8) is 0 Å². The molecule has 94 heavy (non-hydrogen) atoms. The van der Waals surface area contributed by atoms with Crippen LogP contribution in [0.25, 0.3) is 0 Å². The minimum Gasteiger partial charge on any atom is -0.756 e. The number of esters is 2. The lowest BCUT2D eigenvalue weighted by Gasteiger charge is -2.28. The van der Waals surface area contributed by atoms with Gasteiger partial charge in [-0.3, -0.25) is 14.2 Å². The van der Waals surface area contributed by atoms with Gasteiger partial charge >= 0.3 is 11.9 Å². The average molecular weight is 1330 g/mol. The number of ether oxygens (including phenoxy) is 2. The van der Waals surface area contributed by atoms with Gasteiger partial charge in [0.05, 0.1) is 27.7 Å². The van der Waals surface area contributed by atoms with Gasteiger partial charge in [0.15, 0.2) is 6.10 Å². The van der Waals surface area contributed by atoms with E-state index in [1.54, 1.807) is 0 Å². The summed E-state index contributed by atoms with van der Waals surface area (Å²) in [7, 11) is 1.15. The van der Waals surface area contributed by atoms with Crippen molar-refractivity contribution in [2.75, 3.05) is 47.5 Å². The van der Waals surface area contributed by atoms with Crippen molar-refractivity contribution in [1.29, 1.82) is 0 Å². The lowest BCUT2D eigenvalue weighted by molar-refractivity contribution is -0.870. The third-order valence-electron chi connectivity index (χ3n) is 16.7. The highest BCUT2D eigenvalue weighted by Gasteiger charge is 2.22. The molecule has 0 radical (unpaired) electrons. The molecule has 0 heterocycles. The number of quaternary nitrogens is 1. The van der Waals surface area contributed by atoms with E-state index in [4.69, 9.17) is 18.5 Å². The van der Waals surface area contributed by atoms with Gasteiger partial charge in [-0.05, 0) is 116 Å². The number of unbranched alkanes of at least 4 members (excludes halogenated alkanes) is 35. The molecule has 2 unspecified atom stereocenters. The van der Waals surface area contributed by atoms with Crippen molar-refractivity contribution < 1.29 is 42.1 Å². The van der Waals surface area contributed by atoms with Crippen LogP contribution < -0.4 is 4.89 Å². The van der Waals surface area contributed by atoms with Gasteiger partial charge < -0.3 is 27.9 Å². The normalized spacial score (nSPS) is 13.8. The highest BCUT2D eigenvalue weighted by Crippen LogP contribution is 2.38. The highest BCUT2D eigenvalue weighted by atomic mass is 31.2. The summed E-state index contributed by atoms with van der Waals surface area (Å²) in [6.45, 7) is 4.13. The molecular formula is C84H146NO8P. The Morgan fingerprint density at radius 2 is 0.606 bits per heavy atom. The smallest absolute Gasteiger partial charge is 0.306 e. The highest BCUT2D eigenvalue weighted by molar-refractivity contribution is 7.45. The van der Waals surface area contributed by atoms with Gasteiger partial charge in [0.1, 0.15) is 19.8 Å². The van der Waals surface area contributed by atoms with E-state index in [2.05, 4.69) is 148 Å². The molecule has 0 saturated heterocycles. The summed E-state index contributed by atoms with van der Waals surface area (Å²) in [5.74, 6) is -0.846. The van der Waals surface area contributed by atoms with E-state index in [0.29, 0.717) is 17.4 Å². The predicted molar refractivity (Wildman–Crippen MR) is 406 cm³/mol. The zero-order valence-electron chi connectivity index (χ0n) is 61.6. The van der Waals surface area contributed by atoms with Crippen LogP contribution in [-0.4, -0.2) is 70.0 Å². The fraction of sp³-hybridized carbons (Fsp3) is 0.714. The number of hydrogen-bond donors (Lipinski definition) is 0. The first-order chi connectivity index (χ1) is 46.0. The first-order valence-electron chi connectivity index (χ1n) is 38.9. The Morgan fingerprint density at radius 3 is 0.915 bits per heavy atom. The van der Waals surface area contributed by atoms with Crippen molar-refractivity contribution in [1.82, 2.24) is 0 Å². The topological polar surface area (TPSA) is 111 Å². The Balaban J connectivity index is 4.06. The van der Waals surface area contributed by atoms with Crippen molar-refractivity contribution in [2.45, 2.75) is 341 Å². The van der Waals surface area contributed by atoms with Crippen LogP contribution >= 0.6 is 7.82 Å². The summed E-state index contributed by atoms with van der Waals surface area (Å²) in [5.41, 5.74) is 0. The average Bonchev–Trinajstić information content (AvgIpc) is 1.56. The molecule has 0 spiro atoms. The van der Waals surface area contributed by atoms with Crippen molar-refractivity contribution in [3.05, 3.63) is 134 Å². The molecule has 0 saturated carbocycles. The summed E-state index contributed by atoms with van der Waals surface area (Å²) < 4.78 is 34.4. The van der Waals surface area contributed by atoms with E-state index >= 15 is 0 Å². The van der Waals surface area contributed by atoms with Crippen molar-refractivity contribution >= 4 is 19.8 Å². The predicted octanol–water partition coefficient (Wildman–Crippen LogP) is 25.3. The van der Waals surface area contributed by atoms with E-state index in [9.17, 15) is 19.0 Å². The van der Waals surface area contributed by atoms with E-state index < -0.39 is 26.5 Å². The van der Waals surface area contributed by atoms with Gasteiger partial charge in [-0.15, -0.1) is 0 Å². The maximum atomic E-state index is 12.9. The summed E-state index contributed by atoms with van der Waals surface area (Å²) in [4.78, 5) is 38.2. The van der Waals surface area contributed by atoms with Gasteiger partial charge in [-0.2, -0.15) is 0 Å². The summed E-state index contributed by atoms with van der Waals surface area (Å²) in [6, 6.07) is 0. The fourth-order valence-electron chi connectivity index (χ4n) is 10.7. The molecule has 0 N–H and O–H groups in total. The quantitative estimate of drug-likeness (QED) is 0.0195. The molecule has 0 fully saturated rings. The lowest BCUT2D eigenvalue weighted by Crippen LogP contribution is -2.37. The number of likely N-dealkylation sites (N-methyl/N-ethyl adjacent to an activating group) is 1. The summed E-state index contributed by atoms with van der Waals surface area (Å²) in [6.07, 6.45) is 107. The molecule has 0 bridgehead atoms. The maximum absolute atomic E-state index is 12.9. The Morgan fingerprint density at radius 1 is 0.340 bits per heavy atom. The Labute approximate surface area is 581 Å². The van der Waals surface area contributed by atoms with Crippen molar-refractivity contribution in [3.8, 4) is 0 Å². The first-order valence-corrected chi connectivity index (χ1v) is 40.4. The van der Waals surface area contributed by atoms with Crippen LogP contribution in [0.1, 0.15) is 335 Å². The van der Waals surface area contributed by atoms with E-state index in [-0.39, 0.29) is 32.0 Å². The number of phosphoric acid groups is 1. The van der Waals surface area contributed by atoms with Crippen LogP contribution in [0.15, 0.2) is 134 Å². The molecular weight excluding hydrogens is 1180 g/mol. The zero-order chi connectivity index (χ0) is 68.3. The summed E-state index contributed by atoms with van der Waals surface area (Å²) in [5, 5.41) is 0. The lowest BCUT2D eigenvalue weighted by atomic mass is 10.0. The third kappa shape index (κ3) is 77.2. The minimum atomic E-state index is -4.66. The van der Waals surface area contributed by atoms with Gasteiger partial charge in [-0.25, -0.2) is 0 Å². The first kappa shape index (κ1) is 90.2. The number of carbonyl (C=O) groups excluding carboxylic acids is 2. The van der Waals surface area contributed by atoms with Crippen LogP contribution in [0, 0.1) is 0 Å². The van der Waals surface area contributed by atoms with Crippen LogP contribution in [0.4, 0.5) is 0 Å². The standard InChI is InChI=1S/C84H146NO8P/c1-6-8-10-12-14-16-18-20-22-24-26-28-30-32-34-36-38-40-41-42-43-45-47-49-51-53-55-57-59-61-63-65-67-69-71-73-75-77-84(87)93-82(81-92-94(88,89)91-79-78-85(3,4)5)80-90-83(86)76-74-72-70-68-66-64-62-60-58-56-54-52-50-48-46-44-39-37-35-33-31-29-27-25-23-21-19-17-15-13-11-9-7-2/h8,10,14,16,20,22,25-28,32,34,38,40,42-43,47,49,53,55,59,61,82H,6-7,9,11-13,15,17-19,21,23-24,29-31,33,35-37,39,41,44-46,48,50-52,54,56-58,60,62-81H2,1-5H3/b10-8-,16-14-,22-20-,27-25-,28-26-,34-32-,40-38-,43-42-,49-47-,55-53-,61-59-. The Bertz CT molecular complexity index is 2050. The summed E-state index contributed by atoms with van der Waals surface area (Å²) >= 11 is 0. The van der Waals surface area contributed by atoms with Gasteiger partial charge in [0.2, 0.25) is 0 Å². The molecule has 0 aromatic heterocycles. The molecule has 0 aliphatic rings. The molecule has 0 aliphatic carbocycles. The Kier molecular flexibility index (Phi) is 70.4. The van der Waals surface area contributed by atoms with Crippen LogP contribution in [0.3, 0.4) is 0 Å². The van der Waals surface area contributed by atoms with Crippen LogP contribution in [0.2, 0.25) is 0 Å². The number of hydrogen-bond acceptors (Lipinski definition) is 8. The number of carbonyl (C=O) groups is 2. The molecule has 540 valence electrons. The second kappa shape index (κ2) is 73.4. The minimum absolute atomic E-state index is 0.0390. The molecule has 9 nitrogen and oxygen atoms in total. The molecule has 0 aromatic carbocycles. The fourth-order valence-corrected chi connectivity index (χ4v) is 11.5. The maximum Gasteiger partial charge on any atom is 0.306 e. The van der Waals surface area contributed by atoms with E-state index in [1.165, 1.54) is 180 Å². The molecule has 10 heteroatoms. The number of nitrogens with zero attached hydrogens (tertiary/aromatic N) is 1. The van der Waals surface area contributed by atoms with E-state index in [0.717, 1.165) is 122 Å². The molecule has 0 aromatic rings. The van der Waals surface area contributed by atoms with Crippen LogP contribution in [-0.2, 0) is 32.7 Å². The number of allylic oxidation sites excluding steroid dienone is 22. The number of phosphoric ester groups is 1. The number of rotatable bonds is 71. The monoisotopic (exact) mass is 1330 g/mol. The molecule has 0 amide bonds.